The lowest BCUT2D eigenvalue weighted by Crippen LogP contribution is -2.44. The molecule has 1 aromatic heterocycles. The number of carbonyl (C=O) groups is 1. The van der Waals surface area contributed by atoms with Crippen LogP contribution in [0.25, 0.3) is 0 Å². The van der Waals surface area contributed by atoms with Crippen molar-refractivity contribution in [1.29, 1.82) is 0 Å². The molecule has 0 aliphatic rings. The summed E-state index contributed by atoms with van der Waals surface area (Å²) in [6, 6.07) is 5.49. The van der Waals surface area contributed by atoms with Gasteiger partial charge in [-0.25, -0.2) is 14.8 Å². The van der Waals surface area contributed by atoms with Crippen LogP contribution < -0.4 is 20.5 Å². The highest BCUT2D eigenvalue weighted by Crippen LogP contribution is 2.29. The number of guanidine groups is 1. The minimum atomic E-state index is -0.994. The zero-order chi connectivity index (χ0) is 21.6. The number of anilines is 1. The maximum Gasteiger partial charge on any atom is 0.408 e. The van der Waals surface area contributed by atoms with E-state index < -0.39 is 11.6 Å². The number of nitrogens with zero attached hydrogens (tertiary/aromatic N) is 3. The molecule has 0 fully saturated rings. The normalized spacial score (nSPS) is 11.8. The number of ether oxygens (including phenoxy) is 2. The molecule has 2 aromatic rings. The summed E-state index contributed by atoms with van der Waals surface area (Å²) in [7, 11) is 3.16. The third-order valence-corrected chi connectivity index (χ3v) is 4.89. The van der Waals surface area contributed by atoms with Gasteiger partial charge in [0, 0.05) is 10.9 Å². The molecule has 9 nitrogen and oxygen atoms in total. The zero-order valence-corrected chi connectivity index (χ0v) is 18.0. The minimum absolute atomic E-state index is 0.185. The van der Waals surface area contributed by atoms with Gasteiger partial charge in [-0.3, -0.25) is 4.90 Å². The molecular weight excluding hydrogens is 394 g/mol. The van der Waals surface area contributed by atoms with Crippen LogP contribution in [0.5, 0.6) is 11.5 Å². The van der Waals surface area contributed by atoms with Crippen LogP contribution in [0.4, 0.5) is 9.93 Å². The van der Waals surface area contributed by atoms with Crippen LogP contribution in [0.15, 0.2) is 28.6 Å². The Bertz CT molecular complexity index is 853. The van der Waals surface area contributed by atoms with Gasteiger partial charge in [-0.05, 0) is 32.9 Å². The lowest BCUT2D eigenvalue weighted by atomic mass is 10.1. The Morgan fingerprint density at radius 1 is 1.31 bits per heavy atom. The smallest absolute Gasteiger partial charge is 0.408 e. The second-order valence-corrected chi connectivity index (χ2v) is 8.01. The SMILES string of the molecule is COc1cccc(OC)c1CN=C(N)Nc1nc(CN(C(=O)O)C(C)(C)C)cs1. The highest BCUT2D eigenvalue weighted by molar-refractivity contribution is 7.13. The Morgan fingerprint density at radius 2 is 1.93 bits per heavy atom. The number of amides is 1. The molecule has 4 N–H and O–H groups in total. The van der Waals surface area contributed by atoms with Crippen molar-refractivity contribution in [2.24, 2.45) is 10.7 Å². The third-order valence-electron chi connectivity index (χ3n) is 4.08. The number of nitrogens with one attached hydrogen (secondary N) is 1. The van der Waals surface area contributed by atoms with Gasteiger partial charge in [-0.2, -0.15) is 0 Å². The Balaban J connectivity index is 2.07. The van der Waals surface area contributed by atoms with E-state index in [1.54, 1.807) is 19.6 Å². The third kappa shape index (κ3) is 5.98. The number of aromatic nitrogens is 1. The molecule has 29 heavy (non-hydrogen) atoms. The molecule has 0 aliphatic carbocycles. The first-order chi connectivity index (χ1) is 13.7. The molecule has 0 radical (unpaired) electrons. The standard InChI is InChI=1S/C19H27N5O4S/c1-19(2,3)24(18(25)26)10-12-11-29-17(22-12)23-16(20)21-9-13-14(27-4)7-6-8-15(13)28-5/h6-8,11H,9-10H2,1-5H3,(H,25,26)(H3,20,21,22,23). The average molecular weight is 422 g/mol. The van der Waals surface area contributed by atoms with Gasteiger partial charge in [0.2, 0.25) is 0 Å². The molecule has 0 bridgehead atoms. The first kappa shape index (κ1) is 22.3. The molecule has 0 aliphatic heterocycles. The highest BCUT2D eigenvalue weighted by Gasteiger charge is 2.26. The molecule has 2 rings (SSSR count). The van der Waals surface area contributed by atoms with Gasteiger partial charge >= 0.3 is 6.09 Å². The first-order valence-electron chi connectivity index (χ1n) is 8.87. The van der Waals surface area contributed by atoms with E-state index in [0.29, 0.717) is 22.3 Å². The van der Waals surface area contributed by atoms with Gasteiger partial charge in [-0.1, -0.05) is 6.07 Å². The van der Waals surface area contributed by atoms with Crippen molar-refractivity contribution < 1.29 is 19.4 Å². The zero-order valence-electron chi connectivity index (χ0n) is 17.2. The van der Waals surface area contributed by atoms with Crippen molar-refractivity contribution in [3.63, 3.8) is 0 Å². The van der Waals surface area contributed by atoms with E-state index in [9.17, 15) is 9.90 Å². The van der Waals surface area contributed by atoms with E-state index in [-0.39, 0.29) is 19.0 Å². The molecular formula is C19H27N5O4S. The second-order valence-electron chi connectivity index (χ2n) is 7.15. The van der Waals surface area contributed by atoms with Crippen LogP contribution in [0.1, 0.15) is 32.0 Å². The molecule has 1 aromatic carbocycles. The summed E-state index contributed by atoms with van der Waals surface area (Å²) in [5.41, 5.74) is 6.87. The number of hydrogen-bond acceptors (Lipinski definition) is 6. The summed E-state index contributed by atoms with van der Waals surface area (Å²) < 4.78 is 10.7. The van der Waals surface area contributed by atoms with E-state index >= 15 is 0 Å². The van der Waals surface area contributed by atoms with Crippen molar-refractivity contribution in [1.82, 2.24) is 9.88 Å². The predicted molar refractivity (Wildman–Crippen MR) is 114 cm³/mol. The minimum Gasteiger partial charge on any atom is -0.496 e. The summed E-state index contributed by atoms with van der Waals surface area (Å²) in [4.78, 5) is 21.5. The van der Waals surface area contributed by atoms with Crippen LogP contribution in [-0.2, 0) is 13.1 Å². The maximum absolute atomic E-state index is 11.5. The molecule has 0 saturated carbocycles. The van der Waals surface area contributed by atoms with Crippen molar-refractivity contribution in [2.45, 2.75) is 39.4 Å². The van der Waals surface area contributed by atoms with Gasteiger partial charge in [0.05, 0.1) is 38.6 Å². The van der Waals surface area contributed by atoms with Crippen molar-refractivity contribution in [3.8, 4) is 11.5 Å². The van der Waals surface area contributed by atoms with Gasteiger partial charge in [-0.15, -0.1) is 11.3 Å². The van der Waals surface area contributed by atoms with E-state index in [0.717, 1.165) is 5.56 Å². The Labute approximate surface area is 174 Å². The second kappa shape index (κ2) is 9.46. The molecule has 1 heterocycles. The molecule has 0 atom stereocenters. The number of aliphatic imine (C=N–C) groups is 1. The molecule has 158 valence electrons. The van der Waals surface area contributed by atoms with Crippen molar-refractivity contribution in [3.05, 3.63) is 34.8 Å². The summed E-state index contributed by atoms with van der Waals surface area (Å²) in [5, 5.41) is 14.7. The fourth-order valence-electron chi connectivity index (χ4n) is 2.59. The average Bonchev–Trinajstić information content (AvgIpc) is 3.09. The van der Waals surface area contributed by atoms with E-state index in [1.165, 1.54) is 16.2 Å². The summed E-state index contributed by atoms with van der Waals surface area (Å²) in [6.45, 7) is 5.96. The monoisotopic (exact) mass is 421 g/mol. The lowest BCUT2D eigenvalue weighted by molar-refractivity contribution is 0.0948. The maximum atomic E-state index is 11.5. The molecule has 10 heteroatoms. The number of carboxylic acid groups (broad SMARTS) is 1. The molecule has 1 amide bonds. The van der Waals surface area contributed by atoms with Crippen LogP contribution in [0.2, 0.25) is 0 Å². The highest BCUT2D eigenvalue weighted by atomic mass is 32.1. The Hall–Kier alpha value is -3.01. The van der Waals surface area contributed by atoms with Gasteiger partial charge in [0.25, 0.3) is 0 Å². The number of methoxy groups -OCH3 is 2. The first-order valence-corrected chi connectivity index (χ1v) is 9.75. The Morgan fingerprint density at radius 3 is 2.45 bits per heavy atom. The number of rotatable bonds is 7. The van der Waals surface area contributed by atoms with Gasteiger partial charge in [0.15, 0.2) is 11.1 Å². The molecule has 0 saturated heterocycles. The van der Waals surface area contributed by atoms with Crippen molar-refractivity contribution >= 4 is 28.5 Å². The molecule has 0 spiro atoms. The lowest BCUT2D eigenvalue weighted by Gasteiger charge is -2.32. The van der Waals surface area contributed by atoms with Crippen molar-refractivity contribution in [2.75, 3.05) is 19.5 Å². The van der Waals surface area contributed by atoms with E-state index in [2.05, 4.69) is 15.3 Å². The van der Waals surface area contributed by atoms with E-state index in [1.807, 2.05) is 39.0 Å². The predicted octanol–water partition coefficient (Wildman–Crippen LogP) is 3.37. The Kier molecular flexibility index (Phi) is 7.27. The topological polar surface area (TPSA) is 122 Å². The number of hydrogen-bond donors (Lipinski definition) is 3. The molecule has 0 unspecified atom stereocenters. The summed E-state index contributed by atoms with van der Waals surface area (Å²) >= 11 is 1.33. The van der Waals surface area contributed by atoms with E-state index in [4.69, 9.17) is 15.2 Å². The van der Waals surface area contributed by atoms with Crippen LogP contribution in [-0.4, -0.2) is 46.8 Å². The van der Waals surface area contributed by atoms with Crippen LogP contribution >= 0.6 is 11.3 Å². The quantitative estimate of drug-likeness (QED) is 0.463. The van der Waals surface area contributed by atoms with Crippen LogP contribution in [0, 0.1) is 0 Å². The number of benzene rings is 1. The number of nitrogens with two attached hydrogens (primary N) is 1. The fourth-order valence-corrected chi connectivity index (χ4v) is 3.30. The summed E-state index contributed by atoms with van der Waals surface area (Å²) in [5.74, 6) is 1.51. The van der Waals surface area contributed by atoms with Gasteiger partial charge in [0.1, 0.15) is 11.5 Å². The number of thiazole rings is 1. The summed E-state index contributed by atoms with van der Waals surface area (Å²) in [6.07, 6.45) is -0.994. The fraction of sp³-hybridized carbons (Fsp3) is 0.421. The largest absolute Gasteiger partial charge is 0.496 e. The van der Waals surface area contributed by atoms with Gasteiger partial charge < -0.3 is 25.6 Å². The van der Waals surface area contributed by atoms with Crippen LogP contribution in [0.3, 0.4) is 0 Å².